The lowest BCUT2D eigenvalue weighted by molar-refractivity contribution is -0.117. The topological polar surface area (TPSA) is 17.1 Å². The first-order chi connectivity index (χ1) is 6.10. The second-order valence-electron chi connectivity index (χ2n) is 3.25. The Kier molecular flexibility index (Phi) is 2.81. The summed E-state index contributed by atoms with van der Waals surface area (Å²) in [6.45, 7) is 3.27. The highest BCUT2D eigenvalue weighted by atomic mass is 19.1. The molecule has 0 bridgehead atoms. The van der Waals surface area contributed by atoms with E-state index < -0.39 is 5.67 Å². The van der Waals surface area contributed by atoms with Gasteiger partial charge in [-0.3, -0.25) is 4.79 Å². The molecular formula is C11H13FO. The van der Waals surface area contributed by atoms with Crippen molar-refractivity contribution in [2.75, 3.05) is 0 Å². The standard InChI is InChI=1S/C11H13FO/c1-3-9-5-4-6-10(7-9)11(2,12)8-13/h4-8H,3H2,1-2H3. The molecule has 0 aliphatic carbocycles. The molecule has 70 valence electrons. The number of hydrogen-bond donors (Lipinski definition) is 0. The van der Waals surface area contributed by atoms with Crippen molar-refractivity contribution in [1.29, 1.82) is 0 Å². The predicted molar refractivity (Wildman–Crippen MR) is 50.3 cm³/mol. The van der Waals surface area contributed by atoms with Crippen molar-refractivity contribution in [3.8, 4) is 0 Å². The summed E-state index contributed by atoms with van der Waals surface area (Å²) in [5, 5.41) is 0. The van der Waals surface area contributed by atoms with Gasteiger partial charge in [-0.15, -0.1) is 0 Å². The minimum atomic E-state index is -1.86. The van der Waals surface area contributed by atoms with Crippen LogP contribution in [-0.4, -0.2) is 6.29 Å². The first kappa shape index (κ1) is 9.90. The van der Waals surface area contributed by atoms with Crippen LogP contribution in [0.3, 0.4) is 0 Å². The average Bonchev–Trinajstić information content (AvgIpc) is 2.18. The summed E-state index contributed by atoms with van der Waals surface area (Å²) < 4.78 is 13.5. The maximum absolute atomic E-state index is 13.5. The lowest BCUT2D eigenvalue weighted by atomic mass is 9.97. The molecule has 0 heterocycles. The first-order valence-electron chi connectivity index (χ1n) is 4.35. The number of carbonyl (C=O) groups excluding carboxylic acids is 1. The molecule has 1 atom stereocenters. The minimum absolute atomic E-state index is 0.335. The molecule has 0 amide bonds. The van der Waals surface area contributed by atoms with E-state index in [1.165, 1.54) is 6.92 Å². The highest BCUT2D eigenvalue weighted by Crippen LogP contribution is 2.23. The number of alkyl halides is 1. The van der Waals surface area contributed by atoms with Crippen LogP contribution in [0.1, 0.15) is 25.0 Å². The Morgan fingerprint density at radius 2 is 2.23 bits per heavy atom. The average molecular weight is 180 g/mol. The Bertz CT molecular complexity index is 305. The van der Waals surface area contributed by atoms with Crippen molar-refractivity contribution in [3.05, 3.63) is 35.4 Å². The maximum Gasteiger partial charge on any atom is 0.187 e. The Morgan fingerprint density at radius 1 is 1.54 bits per heavy atom. The van der Waals surface area contributed by atoms with E-state index in [1.54, 1.807) is 18.2 Å². The SMILES string of the molecule is CCc1cccc(C(C)(F)C=O)c1. The number of aldehydes is 1. The predicted octanol–water partition coefficient (Wildman–Crippen LogP) is 2.63. The van der Waals surface area contributed by atoms with Gasteiger partial charge in [0.15, 0.2) is 12.0 Å². The van der Waals surface area contributed by atoms with Gasteiger partial charge >= 0.3 is 0 Å². The van der Waals surface area contributed by atoms with Crippen LogP contribution in [0.15, 0.2) is 24.3 Å². The molecule has 0 N–H and O–H groups in total. The smallest absolute Gasteiger partial charge is 0.187 e. The van der Waals surface area contributed by atoms with Crippen LogP contribution in [0, 0.1) is 0 Å². The second kappa shape index (κ2) is 3.69. The van der Waals surface area contributed by atoms with E-state index >= 15 is 0 Å². The number of hydrogen-bond acceptors (Lipinski definition) is 1. The Morgan fingerprint density at radius 3 is 2.77 bits per heavy atom. The Balaban J connectivity index is 3.08. The van der Waals surface area contributed by atoms with Crippen molar-refractivity contribution < 1.29 is 9.18 Å². The molecule has 0 spiro atoms. The van der Waals surface area contributed by atoms with Crippen molar-refractivity contribution in [3.63, 3.8) is 0 Å². The quantitative estimate of drug-likeness (QED) is 0.653. The molecule has 1 aromatic carbocycles. The number of benzene rings is 1. The van der Waals surface area contributed by atoms with E-state index in [9.17, 15) is 9.18 Å². The molecule has 0 saturated heterocycles. The van der Waals surface area contributed by atoms with Crippen LogP contribution >= 0.6 is 0 Å². The van der Waals surface area contributed by atoms with Crippen LogP contribution < -0.4 is 0 Å². The van der Waals surface area contributed by atoms with Gasteiger partial charge in [-0.25, -0.2) is 4.39 Å². The number of carbonyl (C=O) groups is 1. The van der Waals surface area contributed by atoms with E-state index in [0.29, 0.717) is 11.8 Å². The zero-order valence-corrected chi connectivity index (χ0v) is 7.88. The Hall–Kier alpha value is -1.18. The maximum atomic E-state index is 13.5. The molecule has 0 saturated carbocycles. The third kappa shape index (κ3) is 2.14. The van der Waals surface area contributed by atoms with Crippen LogP contribution in [0.25, 0.3) is 0 Å². The fraction of sp³-hybridized carbons (Fsp3) is 0.364. The molecule has 0 radical (unpaired) electrons. The largest absolute Gasteiger partial charge is 0.299 e. The third-order valence-electron chi connectivity index (χ3n) is 2.12. The molecule has 1 nitrogen and oxygen atoms in total. The van der Waals surface area contributed by atoms with Crippen LogP contribution in [-0.2, 0) is 16.9 Å². The zero-order valence-electron chi connectivity index (χ0n) is 7.88. The van der Waals surface area contributed by atoms with Crippen molar-refractivity contribution in [2.24, 2.45) is 0 Å². The van der Waals surface area contributed by atoms with Gasteiger partial charge in [0.1, 0.15) is 0 Å². The second-order valence-corrected chi connectivity index (χ2v) is 3.25. The van der Waals surface area contributed by atoms with Crippen LogP contribution in [0.5, 0.6) is 0 Å². The first-order valence-corrected chi connectivity index (χ1v) is 4.35. The monoisotopic (exact) mass is 180 g/mol. The molecule has 1 rings (SSSR count). The summed E-state index contributed by atoms with van der Waals surface area (Å²) in [4.78, 5) is 10.5. The van der Waals surface area contributed by atoms with Gasteiger partial charge in [0.2, 0.25) is 0 Å². The molecule has 1 unspecified atom stereocenters. The van der Waals surface area contributed by atoms with Gasteiger partial charge in [-0.2, -0.15) is 0 Å². The molecule has 0 aliphatic heterocycles. The van der Waals surface area contributed by atoms with Gasteiger partial charge < -0.3 is 0 Å². The number of halogens is 1. The van der Waals surface area contributed by atoms with Gasteiger partial charge in [0, 0.05) is 0 Å². The molecule has 0 aromatic heterocycles. The minimum Gasteiger partial charge on any atom is -0.299 e. The fourth-order valence-electron chi connectivity index (χ4n) is 1.16. The zero-order chi connectivity index (χ0) is 9.90. The summed E-state index contributed by atoms with van der Waals surface area (Å²) >= 11 is 0. The summed E-state index contributed by atoms with van der Waals surface area (Å²) in [5.74, 6) is 0. The van der Waals surface area contributed by atoms with E-state index in [1.807, 2.05) is 13.0 Å². The summed E-state index contributed by atoms with van der Waals surface area (Å²) in [6, 6.07) is 7.06. The van der Waals surface area contributed by atoms with Crippen LogP contribution in [0.2, 0.25) is 0 Å². The third-order valence-corrected chi connectivity index (χ3v) is 2.12. The van der Waals surface area contributed by atoms with Gasteiger partial charge in [-0.05, 0) is 24.5 Å². The molecule has 0 fully saturated rings. The lowest BCUT2D eigenvalue weighted by Crippen LogP contribution is -2.16. The molecular weight excluding hydrogens is 167 g/mol. The normalized spacial score (nSPS) is 15.0. The van der Waals surface area contributed by atoms with Crippen molar-refractivity contribution in [1.82, 2.24) is 0 Å². The fourth-order valence-corrected chi connectivity index (χ4v) is 1.16. The highest BCUT2D eigenvalue weighted by molar-refractivity contribution is 5.65. The van der Waals surface area contributed by atoms with Gasteiger partial charge in [0.05, 0.1) is 0 Å². The van der Waals surface area contributed by atoms with E-state index in [2.05, 4.69) is 0 Å². The van der Waals surface area contributed by atoms with Gasteiger partial charge in [0.25, 0.3) is 0 Å². The van der Waals surface area contributed by atoms with E-state index in [4.69, 9.17) is 0 Å². The Labute approximate surface area is 77.6 Å². The number of rotatable bonds is 3. The highest BCUT2D eigenvalue weighted by Gasteiger charge is 2.24. The van der Waals surface area contributed by atoms with Crippen molar-refractivity contribution in [2.45, 2.75) is 25.9 Å². The van der Waals surface area contributed by atoms with Gasteiger partial charge in [-0.1, -0.05) is 31.2 Å². The van der Waals surface area contributed by atoms with Crippen molar-refractivity contribution >= 4 is 6.29 Å². The molecule has 13 heavy (non-hydrogen) atoms. The summed E-state index contributed by atoms with van der Waals surface area (Å²) in [6.07, 6.45) is 1.19. The van der Waals surface area contributed by atoms with E-state index in [-0.39, 0.29) is 0 Å². The summed E-state index contributed by atoms with van der Waals surface area (Å²) in [5.41, 5.74) is -0.379. The lowest BCUT2D eigenvalue weighted by Gasteiger charge is -2.13. The molecule has 0 aliphatic rings. The molecule has 2 heteroatoms. The molecule has 1 aromatic rings. The number of aryl methyl sites for hydroxylation is 1. The van der Waals surface area contributed by atoms with Crippen LogP contribution in [0.4, 0.5) is 4.39 Å². The van der Waals surface area contributed by atoms with E-state index in [0.717, 1.165) is 12.0 Å². The summed E-state index contributed by atoms with van der Waals surface area (Å²) in [7, 11) is 0.